The average Bonchev–Trinajstić information content (AvgIpc) is 3.31. The number of ether oxygens (including phenoxy) is 1. The molecule has 7 nitrogen and oxygen atoms in total. The summed E-state index contributed by atoms with van der Waals surface area (Å²) in [6, 6.07) is 17.2. The number of nitrogens with zero attached hydrogens (tertiary/aromatic N) is 2. The third-order valence-electron chi connectivity index (χ3n) is 6.44. The molecule has 1 saturated heterocycles. The van der Waals surface area contributed by atoms with Crippen molar-refractivity contribution in [1.29, 1.82) is 0 Å². The molecular weight excluding hydrogens is 481 g/mol. The van der Waals surface area contributed by atoms with Crippen LogP contribution in [0, 0.1) is 5.82 Å². The quantitative estimate of drug-likeness (QED) is 0.385. The maximum Gasteiger partial charge on any atom is 0.268 e. The number of amides is 1. The molecule has 1 aliphatic heterocycles. The molecule has 5 rings (SSSR count). The van der Waals surface area contributed by atoms with Crippen molar-refractivity contribution >= 4 is 38.2 Å². The highest BCUT2D eigenvalue weighted by Crippen LogP contribution is 2.33. The Labute approximate surface area is 209 Å². The molecule has 0 saturated carbocycles. The van der Waals surface area contributed by atoms with Crippen molar-refractivity contribution in [2.24, 2.45) is 0 Å². The second kappa shape index (κ2) is 9.66. The third-order valence-corrected chi connectivity index (χ3v) is 8.12. The molecule has 1 amide bonds. The predicted octanol–water partition coefficient (Wildman–Crippen LogP) is 5.27. The number of aromatic nitrogens is 1. The first-order valence-electron chi connectivity index (χ1n) is 11.7. The first-order valence-corrected chi connectivity index (χ1v) is 13.2. The molecule has 186 valence electrons. The number of fused-ring (bicyclic) bond motifs is 1. The van der Waals surface area contributed by atoms with Gasteiger partial charge in [-0.2, -0.15) is 0 Å². The van der Waals surface area contributed by atoms with Crippen LogP contribution >= 0.6 is 0 Å². The van der Waals surface area contributed by atoms with Crippen molar-refractivity contribution in [2.45, 2.75) is 24.2 Å². The number of anilines is 2. The van der Waals surface area contributed by atoms with E-state index in [1.165, 1.54) is 60.0 Å². The number of piperidine rings is 1. The van der Waals surface area contributed by atoms with Crippen LogP contribution in [0.2, 0.25) is 0 Å². The van der Waals surface area contributed by atoms with Crippen LogP contribution in [0.1, 0.15) is 29.6 Å². The van der Waals surface area contributed by atoms with Crippen LogP contribution in [-0.4, -0.2) is 38.5 Å². The minimum Gasteiger partial charge on any atom is -0.494 e. The largest absolute Gasteiger partial charge is 0.494 e. The summed E-state index contributed by atoms with van der Waals surface area (Å²) >= 11 is 0. The number of carbonyl (C=O) groups is 1. The van der Waals surface area contributed by atoms with Crippen LogP contribution < -0.4 is 15.0 Å². The van der Waals surface area contributed by atoms with E-state index < -0.39 is 21.7 Å². The van der Waals surface area contributed by atoms with Gasteiger partial charge in [-0.15, -0.1) is 0 Å². The van der Waals surface area contributed by atoms with Gasteiger partial charge in [0.1, 0.15) is 0 Å². The summed E-state index contributed by atoms with van der Waals surface area (Å²) in [7, 11) is -2.56. The van der Waals surface area contributed by atoms with E-state index in [9.17, 15) is 17.6 Å². The van der Waals surface area contributed by atoms with Gasteiger partial charge in [0.2, 0.25) is 0 Å². The van der Waals surface area contributed by atoms with Gasteiger partial charge in [-0.25, -0.2) is 16.8 Å². The van der Waals surface area contributed by atoms with E-state index in [2.05, 4.69) is 10.2 Å². The van der Waals surface area contributed by atoms with Gasteiger partial charge >= 0.3 is 0 Å². The highest BCUT2D eigenvalue weighted by molar-refractivity contribution is 7.90. The molecule has 0 atom stereocenters. The number of nitrogens with one attached hydrogen (secondary N) is 1. The van der Waals surface area contributed by atoms with E-state index in [0.29, 0.717) is 11.2 Å². The maximum absolute atomic E-state index is 13.6. The van der Waals surface area contributed by atoms with Crippen LogP contribution in [-0.2, 0) is 10.0 Å². The Balaban J connectivity index is 1.43. The molecule has 9 heteroatoms. The van der Waals surface area contributed by atoms with Crippen molar-refractivity contribution in [3.8, 4) is 5.75 Å². The van der Waals surface area contributed by atoms with E-state index in [0.717, 1.165) is 37.0 Å². The molecule has 1 aliphatic rings. The Bertz CT molecular complexity index is 1520. The van der Waals surface area contributed by atoms with E-state index in [1.807, 2.05) is 18.2 Å². The zero-order valence-electron chi connectivity index (χ0n) is 19.8. The fraction of sp³-hybridized carbons (Fsp3) is 0.222. The molecule has 1 N–H and O–H groups in total. The van der Waals surface area contributed by atoms with Crippen molar-refractivity contribution in [3.63, 3.8) is 0 Å². The zero-order chi connectivity index (χ0) is 25.3. The smallest absolute Gasteiger partial charge is 0.268 e. The van der Waals surface area contributed by atoms with Gasteiger partial charge in [0.05, 0.1) is 23.2 Å². The molecular formula is C27H26FN3O4S. The SMILES string of the molecule is COc1cc(NC(=O)c2ccc(S(=O)(=O)n3cc(N4CCCCC4)c4ccccc43)cc2)ccc1F. The molecule has 0 aliphatic carbocycles. The first-order chi connectivity index (χ1) is 17.4. The number of benzene rings is 3. The Morgan fingerprint density at radius 2 is 1.69 bits per heavy atom. The van der Waals surface area contributed by atoms with E-state index in [-0.39, 0.29) is 16.2 Å². The second-order valence-electron chi connectivity index (χ2n) is 8.71. The molecule has 4 aromatic rings. The summed E-state index contributed by atoms with van der Waals surface area (Å²) < 4.78 is 47.1. The summed E-state index contributed by atoms with van der Waals surface area (Å²) in [5.41, 5.74) is 2.16. The van der Waals surface area contributed by atoms with Crippen LogP contribution in [0.3, 0.4) is 0 Å². The monoisotopic (exact) mass is 507 g/mol. The molecule has 0 unspecified atom stereocenters. The number of rotatable bonds is 6. The van der Waals surface area contributed by atoms with E-state index in [4.69, 9.17) is 4.74 Å². The summed E-state index contributed by atoms with van der Waals surface area (Å²) in [5, 5.41) is 3.57. The van der Waals surface area contributed by atoms with E-state index >= 15 is 0 Å². The van der Waals surface area contributed by atoms with Gasteiger partial charge in [0.15, 0.2) is 11.6 Å². The van der Waals surface area contributed by atoms with E-state index in [1.54, 1.807) is 12.3 Å². The first kappa shape index (κ1) is 23.9. The predicted molar refractivity (Wildman–Crippen MR) is 138 cm³/mol. The fourth-order valence-electron chi connectivity index (χ4n) is 4.55. The molecule has 0 radical (unpaired) electrons. The normalized spacial score (nSPS) is 14.1. The molecule has 1 fully saturated rings. The molecule has 3 aromatic carbocycles. The minimum absolute atomic E-state index is 0.0112. The Hall–Kier alpha value is -3.85. The fourth-order valence-corrected chi connectivity index (χ4v) is 5.91. The highest BCUT2D eigenvalue weighted by atomic mass is 32.2. The van der Waals surface area contributed by atoms with Crippen LogP contribution in [0.25, 0.3) is 10.9 Å². The summed E-state index contributed by atoms with van der Waals surface area (Å²) in [4.78, 5) is 15.0. The van der Waals surface area contributed by atoms with Gasteiger partial charge in [-0.3, -0.25) is 4.79 Å². The molecule has 2 heterocycles. The highest BCUT2D eigenvalue weighted by Gasteiger charge is 2.24. The number of carbonyl (C=O) groups excluding carboxylic acids is 1. The standard InChI is InChI=1S/C27H26FN3O4S/c1-35-26-17-20(11-14-23(26)28)29-27(32)19-9-12-21(13-10-19)36(33,34)31-18-25(30-15-5-2-6-16-30)22-7-3-4-8-24(22)31/h3-4,7-14,17-18H,2,5-6,15-16H2,1H3,(H,29,32). The number of hydrogen-bond acceptors (Lipinski definition) is 5. The molecule has 1 aromatic heterocycles. The molecule has 36 heavy (non-hydrogen) atoms. The summed E-state index contributed by atoms with van der Waals surface area (Å²) in [6.45, 7) is 1.80. The van der Waals surface area contributed by atoms with Crippen molar-refractivity contribution < 1.29 is 22.3 Å². The van der Waals surface area contributed by atoms with Gasteiger partial charge in [-0.05, 0) is 61.7 Å². The summed E-state index contributed by atoms with van der Waals surface area (Å²) in [5.74, 6) is -0.977. The molecule has 0 bridgehead atoms. The van der Waals surface area contributed by atoms with Gasteiger partial charge < -0.3 is 15.0 Å². The maximum atomic E-state index is 13.6. The lowest BCUT2D eigenvalue weighted by Crippen LogP contribution is -2.29. The van der Waals surface area contributed by atoms with Crippen molar-refractivity contribution in [2.75, 3.05) is 30.4 Å². The lowest BCUT2D eigenvalue weighted by molar-refractivity contribution is 0.102. The Morgan fingerprint density at radius 1 is 0.972 bits per heavy atom. The summed E-state index contributed by atoms with van der Waals surface area (Å²) in [6.07, 6.45) is 5.05. The lowest BCUT2D eigenvalue weighted by atomic mass is 10.1. The molecule has 0 spiro atoms. The van der Waals surface area contributed by atoms with Gasteiger partial charge in [-0.1, -0.05) is 18.2 Å². The number of hydrogen-bond donors (Lipinski definition) is 1. The van der Waals surface area contributed by atoms with Crippen LogP contribution in [0.4, 0.5) is 15.8 Å². The van der Waals surface area contributed by atoms with Gasteiger partial charge in [0, 0.05) is 42.0 Å². The second-order valence-corrected chi connectivity index (χ2v) is 10.5. The van der Waals surface area contributed by atoms with Crippen LogP contribution in [0.15, 0.2) is 77.8 Å². The van der Waals surface area contributed by atoms with Gasteiger partial charge in [0.25, 0.3) is 15.9 Å². The Kier molecular flexibility index (Phi) is 6.40. The average molecular weight is 508 g/mol. The van der Waals surface area contributed by atoms with Crippen molar-refractivity contribution in [1.82, 2.24) is 3.97 Å². The minimum atomic E-state index is -3.90. The topological polar surface area (TPSA) is 80.6 Å². The lowest BCUT2D eigenvalue weighted by Gasteiger charge is -2.28. The number of para-hydroxylation sites is 1. The number of halogens is 1. The zero-order valence-corrected chi connectivity index (χ0v) is 20.6. The van der Waals surface area contributed by atoms with Crippen molar-refractivity contribution in [3.05, 3.63) is 84.3 Å². The Morgan fingerprint density at radius 3 is 2.42 bits per heavy atom. The third kappa shape index (κ3) is 4.42. The number of methoxy groups -OCH3 is 1. The van der Waals surface area contributed by atoms with Crippen LogP contribution in [0.5, 0.6) is 5.75 Å².